The molecule has 1 unspecified atom stereocenters. The Morgan fingerprint density at radius 2 is 1.86 bits per heavy atom. The molecule has 0 saturated carbocycles. The molecule has 2 aromatic carbocycles. The van der Waals surface area contributed by atoms with Gasteiger partial charge in [0.05, 0.1) is 5.56 Å². The van der Waals surface area contributed by atoms with Crippen LogP contribution in [-0.4, -0.2) is 41.5 Å². The largest absolute Gasteiger partial charge is 0.423 e. The Hall–Kier alpha value is -2.57. The number of rotatable bonds is 4. The van der Waals surface area contributed by atoms with Crippen LogP contribution in [0.2, 0.25) is 0 Å². The number of aromatic nitrogens is 1. The van der Waals surface area contributed by atoms with Crippen LogP contribution < -0.4 is 10.6 Å². The molecule has 146 valence electrons. The molecule has 0 spiro atoms. The van der Waals surface area contributed by atoms with Gasteiger partial charge in [-0.1, -0.05) is 24.3 Å². The minimum Gasteiger partial charge on any atom is -0.423 e. The van der Waals surface area contributed by atoms with Crippen LogP contribution in [-0.2, 0) is 0 Å². The van der Waals surface area contributed by atoms with Gasteiger partial charge in [-0.3, -0.25) is 4.79 Å². The van der Waals surface area contributed by atoms with E-state index in [4.69, 9.17) is 4.42 Å². The van der Waals surface area contributed by atoms with Crippen LogP contribution in [0.15, 0.2) is 52.9 Å². The van der Waals surface area contributed by atoms with Gasteiger partial charge in [-0.2, -0.15) is 4.98 Å². The highest BCUT2D eigenvalue weighted by Gasteiger charge is 2.35. The minimum atomic E-state index is -0.0705. The zero-order valence-corrected chi connectivity index (χ0v) is 16.2. The van der Waals surface area contributed by atoms with Crippen LogP contribution in [0.3, 0.4) is 0 Å². The topological polar surface area (TPSA) is 70.4 Å². The number of oxazole rings is 1. The number of para-hydroxylation sites is 2. The van der Waals surface area contributed by atoms with Crippen LogP contribution in [0.5, 0.6) is 0 Å². The second kappa shape index (κ2) is 7.81. The SMILES string of the molecule is Cl.O=C(NC1CN2CCC1CC2)c1cccc2oc(Nc3ccccc3)nc12. The lowest BCUT2D eigenvalue weighted by atomic mass is 9.84. The van der Waals surface area contributed by atoms with Crippen LogP contribution in [0.1, 0.15) is 23.2 Å². The second-order valence-corrected chi connectivity index (χ2v) is 7.38. The molecule has 6 rings (SSSR count). The van der Waals surface area contributed by atoms with Gasteiger partial charge in [0.15, 0.2) is 5.58 Å². The number of nitrogens with one attached hydrogen (secondary N) is 2. The number of hydrogen-bond donors (Lipinski definition) is 2. The molecule has 3 aliphatic heterocycles. The number of halogens is 1. The predicted octanol–water partition coefficient (Wildman–Crippen LogP) is 3.82. The van der Waals surface area contributed by atoms with E-state index in [9.17, 15) is 4.79 Å². The Kier molecular flexibility index (Phi) is 5.24. The van der Waals surface area contributed by atoms with Crippen molar-refractivity contribution in [1.82, 2.24) is 15.2 Å². The van der Waals surface area contributed by atoms with Crippen molar-refractivity contribution in [1.29, 1.82) is 0 Å². The van der Waals surface area contributed by atoms with Crippen molar-refractivity contribution in [3.63, 3.8) is 0 Å². The summed E-state index contributed by atoms with van der Waals surface area (Å²) in [6, 6.07) is 15.8. The summed E-state index contributed by atoms with van der Waals surface area (Å²) in [4.78, 5) is 19.9. The maximum absolute atomic E-state index is 12.9. The number of carbonyl (C=O) groups excluding carboxylic acids is 1. The first-order valence-corrected chi connectivity index (χ1v) is 9.51. The minimum absolute atomic E-state index is 0. The van der Waals surface area contributed by atoms with Gasteiger partial charge in [0.1, 0.15) is 5.52 Å². The molecular formula is C21H23ClN4O2. The number of nitrogens with zero attached hydrogens (tertiary/aromatic N) is 2. The molecule has 7 heteroatoms. The second-order valence-electron chi connectivity index (χ2n) is 7.38. The Morgan fingerprint density at radius 1 is 1.07 bits per heavy atom. The highest BCUT2D eigenvalue weighted by Crippen LogP contribution is 2.29. The summed E-state index contributed by atoms with van der Waals surface area (Å²) in [5, 5.41) is 6.38. The predicted molar refractivity (Wildman–Crippen MR) is 111 cm³/mol. The Balaban J connectivity index is 0.00000192. The first-order chi connectivity index (χ1) is 13.3. The third-order valence-electron chi connectivity index (χ3n) is 5.66. The first kappa shape index (κ1) is 18.8. The maximum atomic E-state index is 12.9. The Morgan fingerprint density at radius 3 is 2.57 bits per heavy atom. The van der Waals surface area contributed by atoms with Gasteiger partial charge in [0.25, 0.3) is 11.9 Å². The van der Waals surface area contributed by atoms with Crippen LogP contribution in [0.25, 0.3) is 11.1 Å². The van der Waals surface area contributed by atoms with Gasteiger partial charge in [0, 0.05) is 18.3 Å². The summed E-state index contributed by atoms with van der Waals surface area (Å²) in [5.74, 6) is 0.518. The summed E-state index contributed by atoms with van der Waals surface area (Å²) in [5.41, 5.74) is 2.65. The number of hydrogen-bond acceptors (Lipinski definition) is 5. The fourth-order valence-corrected chi connectivity index (χ4v) is 4.20. The lowest BCUT2D eigenvalue weighted by Crippen LogP contribution is -2.57. The monoisotopic (exact) mass is 398 g/mol. The molecule has 3 fully saturated rings. The normalized spacial score (nSPS) is 23.2. The number of piperidine rings is 3. The maximum Gasteiger partial charge on any atom is 0.300 e. The van der Waals surface area contributed by atoms with E-state index in [1.165, 1.54) is 12.8 Å². The average molecular weight is 399 g/mol. The fraction of sp³-hybridized carbons (Fsp3) is 0.333. The summed E-state index contributed by atoms with van der Waals surface area (Å²) in [6.45, 7) is 3.26. The third-order valence-corrected chi connectivity index (χ3v) is 5.66. The number of fused-ring (bicyclic) bond motifs is 4. The third kappa shape index (κ3) is 3.57. The van der Waals surface area contributed by atoms with Gasteiger partial charge < -0.3 is 20.0 Å². The van der Waals surface area contributed by atoms with Crippen LogP contribution in [0, 0.1) is 5.92 Å². The summed E-state index contributed by atoms with van der Waals surface area (Å²) >= 11 is 0. The van der Waals surface area contributed by atoms with E-state index < -0.39 is 0 Å². The van der Waals surface area contributed by atoms with Crippen molar-refractivity contribution in [2.45, 2.75) is 18.9 Å². The molecule has 1 amide bonds. The van der Waals surface area contributed by atoms with Crippen molar-refractivity contribution in [3.05, 3.63) is 54.1 Å². The Bertz CT molecular complexity index is 967. The molecule has 2 N–H and O–H groups in total. The fourth-order valence-electron chi connectivity index (χ4n) is 4.20. The van der Waals surface area contributed by atoms with Crippen LogP contribution in [0.4, 0.5) is 11.7 Å². The molecule has 2 bridgehead atoms. The highest BCUT2D eigenvalue weighted by atomic mass is 35.5. The molecule has 3 saturated heterocycles. The molecule has 6 nitrogen and oxygen atoms in total. The van der Waals surface area contributed by atoms with Crippen molar-refractivity contribution < 1.29 is 9.21 Å². The van der Waals surface area contributed by atoms with Crippen molar-refractivity contribution >= 4 is 41.1 Å². The molecule has 3 aromatic rings. The lowest BCUT2D eigenvalue weighted by Gasteiger charge is -2.44. The lowest BCUT2D eigenvalue weighted by molar-refractivity contribution is 0.0621. The van der Waals surface area contributed by atoms with Gasteiger partial charge in [-0.25, -0.2) is 0 Å². The van der Waals surface area contributed by atoms with Gasteiger partial charge in [-0.15, -0.1) is 12.4 Å². The standard InChI is InChI=1S/C21H22N4O2.ClH/c26-20(23-17-13-25-11-9-14(17)10-12-25)16-7-4-8-18-19(16)24-21(27-18)22-15-5-2-1-3-6-15;/h1-8,14,17H,9-13H2,(H,22,24)(H,23,26);1H. The molecule has 1 aromatic heterocycles. The van der Waals surface area contributed by atoms with E-state index in [1.807, 2.05) is 48.5 Å². The molecular weight excluding hydrogens is 376 g/mol. The molecule has 1 atom stereocenters. The number of carbonyl (C=O) groups is 1. The van der Waals surface area contributed by atoms with Crippen LogP contribution >= 0.6 is 12.4 Å². The molecule has 0 aliphatic carbocycles. The summed E-state index contributed by atoms with van der Waals surface area (Å²) < 4.78 is 5.79. The van der Waals surface area contributed by atoms with Crippen molar-refractivity contribution in [2.75, 3.05) is 25.0 Å². The van der Waals surface area contributed by atoms with E-state index in [2.05, 4.69) is 20.5 Å². The van der Waals surface area contributed by atoms with Crippen molar-refractivity contribution in [3.8, 4) is 0 Å². The summed E-state index contributed by atoms with van der Waals surface area (Å²) in [7, 11) is 0. The number of anilines is 2. The molecule has 28 heavy (non-hydrogen) atoms. The Labute approximate surface area is 169 Å². The smallest absolute Gasteiger partial charge is 0.300 e. The molecule has 4 heterocycles. The molecule has 3 aliphatic rings. The van der Waals surface area contributed by atoms with E-state index in [1.54, 1.807) is 0 Å². The summed E-state index contributed by atoms with van der Waals surface area (Å²) in [6.07, 6.45) is 2.34. The van der Waals surface area contributed by atoms with E-state index in [0.29, 0.717) is 28.6 Å². The van der Waals surface area contributed by atoms with E-state index in [-0.39, 0.29) is 24.4 Å². The zero-order valence-electron chi connectivity index (χ0n) is 15.4. The number of benzene rings is 2. The van der Waals surface area contributed by atoms with Crippen molar-refractivity contribution in [2.24, 2.45) is 5.92 Å². The molecule has 0 radical (unpaired) electrons. The quantitative estimate of drug-likeness (QED) is 0.699. The van der Waals surface area contributed by atoms with Gasteiger partial charge in [0.2, 0.25) is 0 Å². The van der Waals surface area contributed by atoms with Gasteiger partial charge in [-0.05, 0) is 56.1 Å². The van der Waals surface area contributed by atoms with E-state index in [0.717, 1.165) is 25.3 Å². The first-order valence-electron chi connectivity index (χ1n) is 9.51. The number of amides is 1. The van der Waals surface area contributed by atoms with E-state index >= 15 is 0 Å². The zero-order chi connectivity index (χ0) is 18.2. The van der Waals surface area contributed by atoms with Gasteiger partial charge >= 0.3 is 0 Å². The average Bonchev–Trinajstić information content (AvgIpc) is 3.12. The highest BCUT2D eigenvalue weighted by molar-refractivity contribution is 6.05.